The van der Waals surface area contributed by atoms with E-state index in [1.54, 1.807) is 0 Å². The predicted octanol–water partition coefficient (Wildman–Crippen LogP) is 2.14. The van der Waals surface area contributed by atoms with Crippen LogP contribution in [0.5, 0.6) is 0 Å². The molecule has 3 rings (SSSR count). The van der Waals surface area contributed by atoms with Crippen molar-refractivity contribution in [3.63, 3.8) is 0 Å². The van der Waals surface area contributed by atoms with Gasteiger partial charge in [0.1, 0.15) is 5.54 Å². The first-order chi connectivity index (χ1) is 10.5. The summed E-state index contributed by atoms with van der Waals surface area (Å²) in [5.74, 6) is 1.18. The van der Waals surface area contributed by atoms with Crippen LogP contribution >= 0.6 is 0 Å². The van der Waals surface area contributed by atoms with Gasteiger partial charge in [-0.1, -0.05) is 31.5 Å². The lowest BCUT2D eigenvalue weighted by Crippen LogP contribution is -2.44. The maximum atomic E-state index is 12.4. The zero-order chi connectivity index (χ0) is 15.7. The number of para-hydroxylation sites is 1. The van der Waals surface area contributed by atoms with E-state index in [-0.39, 0.29) is 5.91 Å². The number of unbranched alkanes of at least 4 members (excludes halogenated alkanes) is 1. The van der Waals surface area contributed by atoms with Crippen LogP contribution in [-0.2, 0) is 4.79 Å². The Labute approximate surface area is 130 Å². The summed E-state index contributed by atoms with van der Waals surface area (Å²) >= 11 is 0. The summed E-state index contributed by atoms with van der Waals surface area (Å²) < 4.78 is 0. The van der Waals surface area contributed by atoms with Crippen molar-refractivity contribution in [2.45, 2.75) is 39.2 Å². The van der Waals surface area contributed by atoms with Crippen molar-refractivity contribution in [3.8, 4) is 0 Å². The van der Waals surface area contributed by atoms with Gasteiger partial charge in [-0.05, 0) is 32.4 Å². The van der Waals surface area contributed by atoms with Crippen molar-refractivity contribution < 1.29 is 4.79 Å². The van der Waals surface area contributed by atoms with E-state index in [1.165, 1.54) is 5.01 Å². The minimum Gasteiger partial charge on any atom is -0.270 e. The molecule has 0 radical (unpaired) electrons. The Morgan fingerprint density at radius 3 is 2.68 bits per heavy atom. The van der Waals surface area contributed by atoms with Crippen molar-refractivity contribution in [1.82, 2.24) is 10.4 Å². The second kappa shape index (κ2) is 5.44. The van der Waals surface area contributed by atoms with Gasteiger partial charge in [0.2, 0.25) is 11.9 Å². The highest BCUT2D eigenvalue weighted by Gasteiger charge is 2.49. The molecule has 1 saturated heterocycles. The second-order valence-corrected chi connectivity index (χ2v) is 5.95. The highest BCUT2D eigenvalue weighted by Crippen LogP contribution is 2.29. The summed E-state index contributed by atoms with van der Waals surface area (Å²) in [6.07, 6.45) is 2.10. The molecule has 0 aliphatic carbocycles. The molecular formula is C16H21N5O. The Balaban J connectivity index is 2.00. The number of rotatable bonds is 4. The Morgan fingerprint density at radius 1 is 1.27 bits per heavy atom. The van der Waals surface area contributed by atoms with Gasteiger partial charge in [-0.2, -0.15) is 5.01 Å². The first kappa shape index (κ1) is 14.6. The first-order valence-electron chi connectivity index (χ1n) is 7.65. The number of amides is 1. The van der Waals surface area contributed by atoms with Crippen LogP contribution in [0.25, 0.3) is 0 Å². The molecule has 2 aliphatic rings. The number of benzene rings is 1. The van der Waals surface area contributed by atoms with Crippen molar-refractivity contribution in [2.24, 2.45) is 9.98 Å². The van der Waals surface area contributed by atoms with E-state index in [2.05, 4.69) is 22.3 Å². The van der Waals surface area contributed by atoms with Crippen LogP contribution in [0.3, 0.4) is 0 Å². The average molecular weight is 299 g/mol. The smallest absolute Gasteiger partial charge is 0.270 e. The number of fused-ring (bicyclic) bond motifs is 1. The molecule has 1 amide bonds. The fraction of sp³-hybridized carbons (Fsp3) is 0.438. The number of aliphatic imine (C=N–C) groups is 2. The number of anilines is 1. The number of hydrogen-bond donors (Lipinski definition) is 1. The van der Waals surface area contributed by atoms with Crippen LogP contribution in [0.4, 0.5) is 5.69 Å². The minimum atomic E-state index is -0.746. The monoisotopic (exact) mass is 299 g/mol. The summed E-state index contributed by atoms with van der Waals surface area (Å²) in [5, 5.41) is 1.50. The van der Waals surface area contributed by atoms with Gasteiger partial charge < -0.3 is 0 Å². The molecule has 1 aromatic carbocycles. The van der Waals surface area contributed by atoms with Crippen LogP contribution in [0.1, 0.15) is 33.6 Å². The van der Waals surface area contributed by atoms with Gasteiger partial charge in [-0.15, -0.1) is 0 Å². The largest absolute Gasteiger partial charge is 0.275 e. The van der Waals surface area contributed by atoms with Gasteiger partial charge in [-0.25, -0.2) is 9.89 Å². The second-order valence-electron chi connectivity index (χ2n) is 5.95. The number of nitrogens with zero attached hydrogens (tertiary/aromatic N) is 4. The molecule has 22 heavy (non-hydrogen) atoms. The standard InChI is InChI=1S/C16H21N5O/c1-4-5-11-17-14-19-21-13(22)16(2,3)18-15(21)20(14)12-9-7-6-8-10-12/h6-10H,4-5,11H2,1-3H3,(H,17,19). The van der Waals surface area contributed by atoms with E-state index in [0.29, 0.717) is 11.9 Å². The van der Waals surface area contributed by atoms with Gasteiger partial charge in [-0.3, -0.25) is 15.2 Å². The molecule has 0 atom stereocenters. The average Bonchev–Trinajstić information content (AvgIpc) is 2.95. The molecule has 0 unspecified atom stereocenters. The van der Waals surface area contributed by atoms with Gasteiger partial charge in [0, 0.05) is 6.54 Å². The predicted molar refractivity (Wildman–Crippen MR) is 87.6 cm³/mol. The van der Waals surface area contributed by atoms with E-state index in [0.717, 1.165) is 25.1 Å². The molecule has 0 aromatic heterocycles. The summed E-state index contributed by atoms with van der Waals surface area (Å²) in [6.45, 7) is 6.49. The van der Waals surface area contributed by atoms with E-state index < -0.39 is 5.54 Å². The zero-order valence-electron chi connectivity index (χ0n) is 13.2. The molecule has 6 heteroatoms. The maximum absolute atomic E-state index is 12.4. The van der Waals surface area contributed by atoms with Gasteiger partial charge in [0.25, 0.3) is 5.91 Å². The fourth-order valence-electron chi connectivity index (χ4n) is 2.47. The topological polar surface area (TPSA) is 60.3 Å². The SMILES string of the molecule is CCCCN=C1NN2C(=O)C(C)(C)N=C2N1c1ccccc1. The third-order valence-electron chi connectivity index (χ3n) is 3.72. The van der Waals surface area contributed by atoms with Crippen molar-refractivity contribution >= 4 is 23.5 Å². The third kappa shape index (κ3) is 2.34. The Hall–Kier alpha value is -2.37. The van der Waals surface area contributed by atoms with Crippen LogP contribution in [0, 0.1) is 0 Å². The lowest BCUT2D eigenvalue weighted by Gasteiger charge is -2.17. The molecule has 1 fully saturated rings. The fourth-order valence-corrected chi connectivity index (χ4v) is 2.47. The normalized spacial score (nSPS) is 21.1. The summed E-state index contributed by atoms with van der Waals surface area (Å²) in [4.78, 5) is 23.5. The van der Waals surface area contributed by atoms with Crippen molar-refractivity contribution in [3.05, 3.63) is 30.3 Å². The zero-order valence-corrected chi connectivity index (χ0v) is 13.2. The molecule has 2 heterocycles. The Bertz CT molecular complexity index is 635. The van der Waals surface area contributed by atoms with E-state index >= 15 is 0 Å². The first-order valence-corrected chi connectivity index (χ1v) is 7.65. The van der Waals surface area contributed by atoms with E-state index in [4.69, 9.17) is 0 Å². The van der Waals surface area contributed by atoms with Crippen LogP contribution in [0.2, 0.25) is 0 Å². The van der Waals surface area contributed by atoms with Crippen LogP contribution in [-0.4, -0.2) is 34.9 Å². The van der Waals surface area contributed by atoms with Crippen molar-refractivity contribution in [2.75, 3.05) is 11.4 Å². The maximum Gasteiger partial charge on any atom is 0.275 e. The summed E-state index contributed by atoms with van der Waals surface area (Å²) in [7, 11) is 0. The molecular weight excluding hydrogens is 278 g/mol. The molecule has 0 bridgehead atoms. The Kier molecular flexibility index (Phi) is 3.60. The molecule has 116 valence electrons. The molecule has 1 aromatic rings. The Morgan fingerprint density at radius 2 is 2.00 bits per heavy atom. The summed E-state index contributed by atoms with van der Waals surface area (Å²) in [6, 6.07) is 9.86. The number of carbonyl (C=O) groups excluding carboxylic acids is 1. The molecule has 0 spiro atoms. The quantitative estimate of drug-likeness (QED) is 0.867. The van der Waals surface area contributed by atoms with Gasteiger partial charge in [0.05, 0.1) is 5.69 Å². The van der Waals surface area contributed by atoms with E-state index in [9.17, 15) is 4.79 Å². The number of nitrogens with one attached hydrogen (secondary N) is 1. The third-order valence-corrected chi connectivity index (χ3v) is 3.72. The molecule has 1 N–H and O–H groups in total. The van der Waals surface area contributed by atoms with Crippen molar-refractivity contribution in [1.29, 1.82) is 0 Å². The van der Waals surface area contributed by atoms with Gasteiger partial charge >= 0.3 is 0 Å². The number of guanidine groups is 2. The van der Waals surface area contributed by atoms with Crippen LogP contribution in [0.15, 0.2) is 40.3 Å². The van der Waals surface area contributed by atoms with Gasteiger partial charge in [0.15, 0.2) is 0 Å². The minimum absolute atomic E-state index is 0.0656. The van der Waals surface area contributed by atoms with E-state index in [1.807, 2.05) is 49.1 Å². The van der Waals surface area contributed by atoms with Crippen LogP contribution < -0.4 is 10.3 Å². The highest BCUT2D eigenvalue weighted by molar-refractivity contribution is 6.28. The molecule has 2 aliphatic heterocycles. The lowest BCUT2D eigenvalue weighted by molar-refractivity contribution is -0.131. The number of hydrazine groups is 1. The number of hydrogen-bond acceptors (Lipinski definition) is 3. The summed E-state index contributed by atoms with van der Waals surface area (Å²) in [5.41, 5.74) is 3.29. The molecule has 6 nitrogen and oxygen atoms in total. The lowest BCUT2D eigenvalue weighted by atomic mass is 10.1. The molecule has 0 saturated carbocycles. The number of carbonyl (C=O) groups is 1. The highest BCUT2D eigenvalue weighted by atomic mass is 16.2.